The maximum Gasteiger partial charge on any atom is 0.180 e. The number of hydrogen-bond donors (Lipinski definition) is 0. The van der Waals surface area contributed by atoms with Gasteiger partial charge in [0.15, 0.2) is 4.30 Å². The second-order valence-corrected chi connectivity index (χ2v) is 27.8. The molecule has 4 heteroatoms. The van der Waals surface area contributed by atoms with Crippen LogP contribution in [0.3, 0.4) is 0 Å². The van der Waals surface area contributed by atoms with Crippen molar-refractivity contribution in [2.45, 2.75) is 47.9 Å². The SMILES string of the molecule is C[CH2][Pb]([CH2]C)([CH2]C)[CH2]C.ClC(Cl)Cl. The molecule has 0 rings (SSSR count). The van der Waals surface area contributed by atoms with Crippen LogP contribution in [0.15, 0.2) is 0 Å². The van der Waals surface area contributed by atoms with Crippen LogP contribution in [0, 0.1) is 0 Å². The quantitative estimate of drug-likeness (QED) is 0.398. The van der Waals surface area contributed by atoms with Crippen LogP contribution in [0.2, 0.25) is 15.9 Å². The summed E-state index contributed by atoms with van der Waals surface area (Å²) in [7, 11) is 0. The molecule has 82 valence electrons. The van der Waals surface area contributed by atoms with E-state index >= 15 is 0 Å². The normalized spacial score (nSPS) is 11.1. The molecular formula is C9H21Cl3Pb. The zero-order valence-electron chi connectivity index (χ0n) is 9.04. The van der Waals surface area contributed by atoms with Crippen molar-refractivity contribution in [1.29, 1.82) is 0 Å². The third-order valence-electron chi connectivity index (χ3n) is 3.00. The Morgan fingerprint density at radius 2 is 0.923 bits per heavy atom. The molecule has 0 fully saturated rings. The molecular weight excluding hydrogens is 422 g/mol. The van der Waals surface area contributed by atoms with Gasteiger partial charge in [0, 0.05) is 0 Å². The smallest absolute Gasteiger partial charge is 0.0874 e. The molecule has 0 saturated carbocycles. The second-order valence-electron chi connectivity index (χ2n) is 3.16. The summed E-state index contributed by atoms with van der Waals surface area (Å²) in [4.78, 5) is 0. The minimum absolute atomic E-state index is 0.750. The molecule has 0 nitrogen and oxygen atoms in total. The second kappa shape index (κ2) is 10.3. The molecule has 0 saturated heterocycles. The number of hydrogen-bond acceptors (Lipinski definition) is 0. The van der Waals surface area contributed by atoms with Crippen LogP contribution in [-0.4, -0.2) is 25.5 Å². The standard InChI is InChI=1S/4C2H5.CHCl3.Pb/c4*1-2;2-1(3)4;/h4*1H2,2H3;1H;. The molecule has 0 aromatic carbocycles. The number of alkyl halides is 3. The molecule has 0 aliphatic heterocycles. The van der Waals surface area contributed by atoms with Gasteiger partial charge in [-0.05, 0) is 0 Å². The Morgan fingerprint density at radius 3 is 0.923 bits per heavy atom. The van der Waals surface area contributed by atoms with E-state index in [9.17, 15) is 0 Å². The summed E-state index contributed by atoms with van der Waals surface area (Å²) in [6.07, 6.45) is 0. The van der Waals surface area contributed by atoms with Gasteiger partial charge in [0.1, 0.15) is 0 Å². The van der Waals surface area contributed by atoms with E-state index in [-0.39, 0.29) is 0 Å². The van der Waals surface area contributed by atoms with E-state index in [2.05, 4.69) is 27.7 Å². The summed E-state index contributed by atoms with van der Waals surface area (Å²) < 4.78 is 5.51. The van der Waals surface area contributed by atoms with E-state index in [1.165, 1.54) is 0 Å². The van der Waals surface area contributed by atoms with Gasteiger partial charge < -0.3 is 0 Å². The molecule has 0 radical (unpaired) electrons. The molecule has 0 amide bonds. The molecule has 0 atom stereocenters. The first-order valence-corrected chi connectivity index (χ1v) is 17.2. The van der Waals surface area contributed by atoms with Gasteiger partial charge in [-0.1, -0.05) is 34.8 Å². The van der Waals surface area contributed by atoms with Gasteiger partial charge in [-0.25, -0.2) is 0 Å². The Labute approximate surface area is 103 Å². The first-order chi connectivity index (χ1) is 5.97. The molecule has 0 aliphatic rings. The Hall–Kier alpha value is 1.79. The van der Waals surface area contributed by atoms with Gasteiger partial charge in [-0.2, -0.15) is 0 Å². The van der Waals surface area contributed by atoms with E-state index < -0.39 is 25.5 Å². The maximum atomic E-state index is 4.81. The van der Waals surface area contributed by atoms with Crippen LogP contribution in [0.4, 0.5) is 0 Å². The molecule has 0 bridgehead atoms. The minimum atomic E-state index is -1.51. The van der Waals surface area contributed by atoms with Gasteiger partial charge in [-0.3, -0.25) is 0 Å². The zero-order chi connectivity index (χ0) is 10.9. The molecule has 0 aromatic rings. The van der Waals surface area contributed by atoms with Crippen molar-refractivity contribution in [2.24, 2.45) is 0 Å². The fourth-order valence-electron chi connectivity index (χ4n) is 1.50. The monoisotopic (exact) mass is 442 g/mol. The Kier molecular flexibility index (Phi) is 13.6. The van der Waals surface area contributed by atoms with Crippen LogP contribution < -0.4 is 0 Å². The van der Waals surface area contributed by atoms with Crippen molar-refractivity contribution >= 4 is 56.0 Å². The summed E-state index contributed by atoms with van der Waals surface area (Å²) in [6.45, 7) is 9.60. The summed E-state index contributed by atoms with van der Waals surface area (Å²) >= 11 is 12.9. The molecule has 0 unspecified atom stereocenters. The molecule has 0 aromatic heterocycles. The molecule has 0 N–H and O–H groups in total. The van der Waals surface area contributed by atoms with Crippen LogP contribution in [-0.2, 0) is 0 Å². The summed E-state index contributed by atoms with van der Waals surface area (Å²) in [5.41, 5.74) is 0. The summed E-state index contributed by atoms with van der Waals surface area (Å²) in [5.74, 6) is 0. The topological polar surface area (TPSA) is 0 Å². The van der Waals surface area contributed by atoms with Gasteiger partial charge >= 0.3 is 64.8 Å². The number of halogens is 3. The van der Waals surface area contributed by atoms with Crippen LogP contribution in [0.1, 0.15) is 27.7 Å². The van der Waals surface area contributed by atoms with Crippen LogP contribution in [0.5, 0.6) is 0 Å². The van der Waals surface area contributed by atoms with Crippen molar-refractivity contribution in [2.75, 3.05) is 0 Å². The van der Waals surface area contributed by atoms with Crippen molar-refractivity contribution in [3.05, 3.63) is 0 Å². The van der Waals surface area contributed by atoms with Gasteiger partial charge in [-0.15, -0.1) is 0 Å². The maximum absolute atomic E-state index is 4.81. The zero-order valence-corrected chi connectivity index (χ0v) is 15.2. The fraction of sp³-hybridized carbons (Fsp3) is 1.00. The average molecular weight is 443 g/mol. The fourth-order valence-corrected chi connectivity index (χ4v) is 13.2. The Morgan fingerprint density at radius 1 is 0.769 bits per heavy atom. The van der Waals surface area contributed by atoms with E-state index in [1.54, 1.807) is 15.9 Å². The Bertz CT molecular complexity index is 82.8. The number of rotatable bonds is 4. The van der Waals surface area contributed by atoms with Crippen molar-refractivity contribution in [3.63, 3.8) is 0 Å². The molecule has 0 heterocycles. The molecule has 0 aliphatic carbocycles. The van der Waals surface area contributed by atoms with Gasteiger partial charge in [0.05, 0.1) is 0 Å². The van der Waals surface area contributed by atoms with E-state index in [0.29, 0.717) is 0 Å². The average Bonchev–Trinajstić information content (AvgIpc) is 2.09. The molecule has 13 heavy (non-hydrogen) atoms. The van der Waals surface area contributed by atoms with Crippen LogP contribution >= 0.6 is 34.8 Å². The van der Waals surface area contributed by atoms with Crippen molar-refractivity contribution < 1.29 is 0 Å². The van der Waals surface area contributed by atoms with Gasteiger partial charge in [0.2, 0.25) is 0 Å². The van der Waals surface area contributed by atoms with Crippen LogP contribution in [0.25, 0.3) is 0 Å². The third-order valence-corrected chi connectivity index (χ3v) is 26.3. The first-order valence-electron chi connectivity index (χ1n) is 4.90. The predicted octanol–water partition coefficient (Wildman–Crippen LogP) is 5.50. The molecule has 0 spiro atoms. The van der Waals surface area contributed by atoms with E-state index in [0.717, 1.165) is 0 Å². The van der Waals surface area contributed by atoms with E-state index in [4.69, 9.17) is 34.8 Å². The largest absolute Gasteiger partial charge is 0.180 e. The minimum Gasteiger partial charge on any atom is -0.0874 e. The van der Waals surface area contributed by atoms with Crippen molar-refractivity contribution in [3.8, 4) is 0 Å². The third kappa shape index (κ3) is 10.1. The van der Waals surface area contributed by atoms with E-state index in [1.807, 2.05) is 0 Å². The van der Waals surface area contributed by atoms with Crippen molar-refractivity contribution in [1.82, 2.24) is 0 Å². The summed E-state index contributed by atoms with van der Waals surface area (Å²) in [5, 5.41) is 0. The first kappa shape index (κ1) is 17.2. The predicted molar refractivity (Wildman–Crippen MR) is 69.0 cm³/mol. The van der Waals surface area contributed by atoms with Gasteiger partial charge in [0.25, 0.3) is 0 Å². The Balaban J connectivity index is 0. The summed E-state index contributed by atoms with van der Waals surface area (Å²) in [6, 6.07) is 0.